The second kappa shape index (κ2) is 9.23. The molecule has 1 saturated heterocycles. The highest BCUT2D eigenvalue weighted by Crippen LogP contribution is 2.31. The van der Waals surface area contributed by atoms with Crippen LogP contribution in [-0.4, -0.2) is 70.6 Å². The molecule has 2 aliphatic heterocycles. The largest absolute Gasteiger partial charge is 0.486 e. The Kier molecular flexibility index (Phi) is 6.40. The van der Waals surface area contributed by atoms with Crippen LogP contribution in [0.3, 0.4) is 0 Å². The Bertz CT molecular complexity index is 1140. The molecule has 0 spiro atoms. The fourth-order valence-corrected chi connectivity index (χ4v) is 4.77. The molecule has 0 atom stereocenters. The summed E-state index contributed by atoms with van der Waals surface area (Å²) in [7, 11) is -4.15. The number of benzene rings is 2. The van der Waals surface area contributed by atoms with Crippen molar-refractivity contribution in [3.05, 3.63) is 53.3 Å². The minimum Gasteiger partial charge on any atom is -0.486 e. The van der Waals surface area contributed by atoms with E-state index in [0.717, 1.165) is 22.5 Å². The maximum Gasteiger partial charge on any atom is 0.338 e. The topological polar surface area (TPSA) is 108 Å². The third kappa shape index (κ3) is 4.59. The van der Waals surface area contributed by atoms with E-state index in [9.17, 15) is 22.4 Å². The highest BCUT2D eigenvalue weighted by molar-refractivity contribution is 7.89. The molecule has 0 radical (unpaired) electrons. The number of ether oxygens (including phenoxy) is 4. The number of hydrogen-bond donors (Lipinski definition) is 0. The number of esters is 1. The summed E-state index contributed by atoms with van der Waals surface area (Å²) in [6.07, 6.45) is 0. The van der Waals surface area contributed by atoms with Gasteiger partial charge in [0.25, 0.3) is 0 Å². The van der Waals surface area contributed by atoms with Crippen LogP contribution in [0, 0.1) is 5.82 Å². The average molecular weight is 465 g/mol. The number of hydrogen-bond acceptors (Lipinski definition) is 8. The zero-order chi connectivity index (χ0) is 22.7. The van der Waals surface area contributed by atoms with Gasteiger partial charge in [0.1, 0.15) is 23.9 Å². The number of carbonyl (C=O) groups is 2. The van der Waals surface area contributed by atoms with Gasteiger partial charge in [-0.25, -0.2) is 17.6 Å². The maximum absolute atomic E-state index is 14.3. The molecule has 2 aromatic carbocycles. The number of morpholine rings is 1. The molecular formula is C21H20FNO8S. The second-order valence-corrected chi connectivity index (χ2v) is 8.93. The van der Waals surface area contributed by atoms with Crippen molar-refractivity contribution in [3.8, 4) is 11.5 Å². The Balaban J connectivity index is 1.45. The summed E-state index contributed by atoms with van der Waals surface area (Å²) in [4.78, 5) is 24.2. The van der Waals surface area contributed by atoms with Crippen LogP contribution >= 0.6 is 0 Å². The zero-order valence-electron chi connectivity index (χ0n) is 16.9. The first-order valence-electron chi connectivity index (χ1n) is 9.84. The molecule has 0 aliphatic carbocycles. The Morgan fingerprint density at radius 1 is 0.938 bits per heavy atom. The third-order valence-electron chi connectivity index (χ3n) is 4.95. The van der Waals surface area contributed by atoms with Crippen molar-refractivity contribution in [1.29, 1.82) is 0 Å². The second-order valence-electron chi connectivity index (χ2n) is 7.02. The molecule has 2 aromatic rings. The van der Waals surface area contributed by atoms with Crippen LogP contribution in [0.1, 0.15) is 20.7 Å². The van der Waals surface area contributed by atoms with E-state index in [1.54, 1.807) is 6.07 Å². The number of carbonyl (C=O) groups excluding carboxylic acids is 2. The summed E-state index contributed by atoms with van der Waals surface area (Å²) in [6.45, 7) is 0.760. The Morgan fingerprint density at radius 3 is 2.38 bits per heavy atom. The van der Waals surface area contributed by atoms with E-state index in [4.69, 9.17) is 18.9 Å². The zero-order valence-corrected chi connectivity index (χ0v) is 17.7. The molecule has 0 saturated carbocycles. The van der Waals surface area contributed by atoms with Gasteiger partial charge < -0.3 is 18.9 Å². The molecule has 170 valence electrons. The first-order valence-corrected chi connectivity index (χ1v) is 11.3. The molecule has 11 heteroatoms. The van der Waals surface area contributed by atoms with Crippen LogP contribution in [0.2, 0.25) is 0 Å². The number of halogens is 1. The fourth-order valence-electron chi connectivity index (χ4n) is 3.27. The normalized spacial score (nSPS) is 16.4. The minimum absolute atomic E-state index is 0.0838. The molecule has 4 rings (SSSR count). The van der Waals surface area contributed by atoms with Gasteiger partial charge in [0.2, 0.25) is 10.0 Å². The van der Waals surface area contributed by atoms with Crippen molar-refractivity contribution < 1.29 is 41.3 Å². The molecule has 1 fully saturated rings. The summed E-state index contributed by atoms with van der Waals surface area (Å²) in [6, 6.07) is 7.50. The predicted molar refractivity (Wildman–Crippen MR) is 108 cm³/mol. The van der Waals surface area contributed by atoms with Crippen molar-refractivity contribution in [1.82, 2.24) is 4.31 Å². The van der Waals surface area contributed by atoms with Gasteiger partial charge in [0.15, 0.2) is 23.9 Å². The quantitative estimate of drug-likeness (QED) is 0.468. The van der Waals surface area contributed by atoms with Crippen LogP contribution in [0.4, 0.5) is 4.39 Å². The van der Waals surface area contributed by atoms with Crippen LogP contribution in [0.5, 0.6) is 11.5 Å². The Morgan fingerprint density at radius 2 is 1.62 bits per heavy atom. The number of ketones is 1. The lowest BCUT2D eigenvalue weighted by Gasteiger charge is -2.26. The maximum atomic E-state index is 14.3. The van der Waals surface area contributed by atoms with E-state index in [0.29, 0.717) is 24.7 Å². The van der Waals surface area contributed by atoms with Gasteiger partial charge in [0.05, 0.1) is 18.8 Å². The number of nitrogens with zero attached hydrogens (tertiary/aromatic N) is 1. The number of fused-ring (bicyclic) bond motifs is 1. The Hall–Kier alpha value is -3.02. The summed E-state index contributed by atoms with van der Waals surface area (Å²) in [5.74, 6) is -1.48. The highest BCUT2D eigenvalue weighted by Gasteiger charge is 2.30. The summed E-state index contributed by atoms with van der Waals surface area (Å²) in [5, 5.41) is 0. The lowest BCUT2D eigenvalue weighted by molar-refractivity contribution is 0.0474. The van der Waals surface area contributed by atoms with Gasteiger partial charge in [-0.05, 0) is 36.4 Å². The molecule has 9 nitrogen and oxygen atoms in total. The van der Waals surface area contributed by atoms with Crippen molar-refractivity contribution >= 4 is 21.8 Å². The number of rotatable bonds is 6. The van der Waals surface area contributed by atoms with Crippen molar-refractivity contribution in [2.75, 3.05) is 46.1 Å². The number of sulfonamides is 1. The highest BCUT2D eigenvalue weighted by atomic mass is 32.2. The summed E-state index contributed by atoms with van der Waals surface area (Å²) >= 11 is 0. The fraction of sp³-hybridized carbons (Fsp3) is 0.333. The van der Waals surface area contributed by atoms with Gasteiger partial charge in [-0.1, -0.05) is 0 Å². The smallest absolute Gasteiger partial charge is 0.338 e. The van der Waals surface area contributed by atoms with Crippen molar-refractivity contribution in [2.45, 2.75) is 4.90 Å². The Labute approximate surface area is 183 Å². The van der Waals surface area contributed by atoms with Crippen LogP contribution in [0.25, 0.3) is 0 Å². The summed E-state index contributed by atoms with van der Waals surface area (Å²) in [5.41, 5.74) is 0.0740. The molecule has 2 aliphatic rings. The molecule has 0 bridgehead atoms. The predicted octanol–water partition coefficient (Wildman–Crippen LogP) is 1.66. The minimum atomic E-state index is -4.15. The molecule has 0 unspecified atom stereocenters. The van der Waals surface area contributed by atoms with E-state index >= 15 is 0 Å². The molecule has 0 N–H and O–H groups in total. The van der Waals surface area contributed by atoms with Gasteiger partial charge in [-0.15, -0.1) is 0 Å². The number of Topliss-reactive ketones (excluding diaryl/α,β-unsaturated/α-hetero) is 1. The third-order valence-corrected chi connectivity index (χ3v) is 6.87. The lowest BCUT2D eigenvalue weighted by atomic mass is 10.1. The summed E-state index contributed by atoms with van der Waals surface area (Å²) < 4.78 is 61.9. The SMILES string of the molecule is O=C(COC(=O)c1ccc(F)c(S(=O)(=O)N2CCOCC2)c1)c1ccc2c(c1)OCCO2. The molecule has 0 amide bonds. The van der Waals surface area contributed by atoms with E-state index in [1.807, 2.05) is 0 Å². The lowest BCUT2D eigenvalue weighted by Crippen LogP contribution is -2.41. The van der Waals surface area contributed by atoms with Crippen LogP contribution in [-0.2, 0) is 19.5 Å². The van der Waals surface area contributed by atoms with Gasteiger partial charge in [0, 0.05) is 18.7 Å². The first kappa shape index (κ1) is 22.2. The van der Waals surface area contributed by atoms with E-state index < -0.39 is 39.1 Å². The van der Waals surface area contributed by atoms with E-state index in [1.165, 1.54) is 12.1 Å². The van der Waals surface area contributed by atoms with Crippen LogP contribution < -0.4 is 9.47 Å². The van der Waals surface area contributed by atoms with E-state index in [2.05, 4.69) is 0 Å². The molecular weight excluding hydrogens is 445 g/mol. The monoisotopic (exact) mass is 465 g/mol. The molecule has 2 heterocycles. The standard InChI is InChI=1S/C21H20FNO8S/c22-16-3-1-15(12-20(16)32(26,27)23-5-7-28-8-6-23)21(25)31-13-17(24)14-2-4-18-19(11-14)30-10-9-29-18/h1-4,11-12H,5-10,13H2. The molecule has 0 aromatic heterocycles. The molecule has 32 heavy (non-hydrogen) atoms. The van der Waals surface area contributed by atoms with Gasteiger partial charge >= 0.3 is 5.97 Å². The average Bonchev–Trinajstić information content (AvgIpc) is 2.82. The van der Waals surface area contributed by atoms with Gasteiger partial charge in [-0.3, -0.25) is 4.79 Å². The van der Waals surface area contributed by atoms with Gasteiger partial charge in [-0.2, -0.15) is 4.31 Å². The van der Waals surface area contributed by atoms with E-state index in [-0.39, 0.29) is 37.4 Å². The van der Waals surface area contributed by atoms with Crippen LogP contribution in [0.15, 0.2) is 41.3 Å². The van der Waals surface area contributed by atoms with Crippen molar-refractivity contribution in [2.24, 2.45) is 0 Å². The first-order chi connectivity index (χ1) is 15.4. The van der Waals surface area contributed by atoms with Crippen molar-refractivity contribution in [3.63, 3.8) is 0 Å².